The Morgan fingerprint density at radius 3 is 2.31 bits per heavy atom. The van der Waals surface area contributed by atoms with Crippen LogP contribution in [0.15, 0.2) is 114 Å². The minimum Gasteiger partial charge on any atom is -0.355 e. The monoisotopic (exact) mass is 481 g/mol. The van der Waals surface area contributed by atoms with E-state index >= 15 is 0 Å². The molecule has 1 amide bonds. The van der Waals surface area contributed by atoms with E-state index in [1.165, 1.54) is 5.57 Å². The molecule has 0 radical (unpaired) electrons. The second kappa shape index (κ2) is 12.5. The molecule has 0 bridgehead atoms. The highest BCUT2D eigenvalue weighted by atomic mass is 16.2. The Labute approximate surface area is 213 Å². The normalized spacial score (nSPS) is 15.4. The average Bonchev–Trinajstić information content (AvgIpc) is 2.89. The number of piperidine rings is 1. The second-order valence-electron chi connectivity index (χ2n) is 9.03. The summed E-state index contributed by atoms with van der Waals surface area (Å²) in [5.74, 6) is 0.476. The zero-order valence-electron chi connectivity index (χ0n) is 21.2. The Hall–Kier alpha value is -4.12. The van der Waals surface area contributed by atoms with Crippen LogP contribution >= 0.6 is 0 Å². The van der Waals surface area contributed by atoms with Crippen LogP contribution in [-0.4, -0.2) is 28.9 Å². The number of hydrogen-bond donors (Lipinski definition) is 2. The van der Waals surface area contributed by atoms with Gasteiger partial charge in [0.05, 0.1) is 0 Å². The maximum Gasteiger partial charge on any atom is 0.253 e. The van der Waals surface area contributed by atoms with E-state index in [1.807, 2.05) is 73.4 Å². The van der Waals surface area contributed by atoms with E-state index in [9.17, 15) is 9.59 Å². The Morgan fingerprint density at radius 2 is 1.72 bits per heavy atom. The van der Waals surface area contributed by atoms with E-state index in [4.69, 9.17) is 0 Å². The molecular formula is C31H35N3O2. The number of aromatic nitrogens is 1. The van der Waals surface area contributed by atoms with Crippen molar-refractivity contribution in [3.63, 3.8) is 0 Å². The Morgan fingerprint density at radius 1 is 1.03 bits per heavy atom. The standard InChI is InChI=1S/C31H35N3O2/c1-6-8-24(7-2)25-16-19-34(20-17-25)31(36)26-10-12-28(13-11-26)33-29(22(3)4)14-9-23(5)27-15-18-32-30(35)21-27/h6-15,18,21,25,33H,1-3,16-17,19-20H2,4-5H3,(H,32,35)/b23-9+,24-8+,29-14+. The predicted octanol–water partition coefficient (Wildman–Crippen LogP) is 6.50. The average molecular weight is 482 g/mol. The number of carbonyl (C=O) groups is 1. The number of nitrogens with one attached hydrogen (secondary N) is 2. The first-order valence-electron chi connectivity index (χ1n) is 12.2. The fraction of sp³-hybridized carbons (Fsp3) is 0.226. The van der Waals surface area contributed by atoms with Crippen molar-refractivity contribution in [3.8, 4) is 0 Å². The predicted molar refractivity (Wildman–Crippen MR) is 151 cm³/mol. The molecule has 1 fully saturated rings. The van der Waals surface area contributed by atoms with Gasteiger partial charge < -0.3 is 15.2 Å². The Balaban J connectivity index is 1.65. The molecule has 2 N–H and O–H groups in total. The molecule has 0 saturated carbocycles. The third kappa shape index (κ3) is 6.95. The second-order valence-corrected chi connectivity index (χ2v) is 9.03. The van der Waals surface area contributed by atoms with E-state index in [0.29, 0.717) is 11.5 Å². The van der Waals surface area contributed by atoms with Crippen LogP contribution in [0.25, 0.3) is 5.57 Å². The highest BCUT2D eigenvalue weighted by Crippen LogP contribution is 2.27. The number of anilines is 1. The van der Waals surface area contributed by atoms with Crippen molar-refractivity contribution in [1.82, 2.24) is 9.88 Å². The van der Waals surface area contributed by atoms with Crippen LogP contribution in [0.1, 0.15) is 42.6 Å². The van der Waals surface area contributed by atoms with Gasteiger partial charge in [-0.05, 0) is 91.3 Å². The lowest BCUT2D eigenvalue weighted by molar-refractivity contribution is 0.0703. The summed E-state index contributed by atoms with van der Waals surface area (Å²) in [5, 5.41) is 3.38. The van der Waals surface area contributed by atoms with Crippen LogP contribution in [0.3, 0.4) is 0 Å². The SMILES string of the molecule is C=C/C=C(\C=C)C1CCN(C(=O)c2ccc(N/C(=C/C=C(\C)c3cc[nH]c(=O)c3)C(=C)C)cc2)CC1. The number of likely N-dealkylation sites (tertiary alicyclic amines) is 1. The lowest BCUT2D eigenvalue weighted by Gasteiger charge is -2.32. The van der Waals surface area contributed by atoms with Gasteiger partial charge in [-0.3, -0.25) is 9.59 Å². The summed E-state index contributed by atoms with van der Waals surface area (Å²) >= 11 is 0. The van der Waals surface area contributed by atoms with Crippen molar-refractivity contribution < 1.29 is 4.79 Å². The van der Waals surface area contributed by atoms with Gasteiger partial charge in [-0.15, -0.1) is 0 Å². The summed E-state index contributed by atoms with van der Waals surface area (Å²) in [4.78, 5) is 29.2. The zero-order chi connectivity index (χ0) is 26.1. The molecule has 1 aliphatic rings. The largest absolute Gasteiger partial charge is 0.355 e. The molecule has 36 heavy (non-hydrogen) atoms. The summed E-state index contributed by atoms with van der Waals surface area (Å²) in [7, 11) is 0. The topological polar surface area (TPSA) is 65.2 Å². The molecule has 1 aromatic carbocycles. The van der Waals surface area contributed by atoms with Crippen LogP contribution in [-0.2, 0) is 0 Å². The minimum atomic E-state index is -0.132. The molecule has 5 nitrogen and oxygen atoms in total. The van der Waals surface area contributed by atoms with Gasteiger partial charge in [-0.2, -0.15) is 0 Å². The number of pyridine rings is 1. The lowest BCUT2D eigenvalue weighted by atomic mass is 9.88. The number of hydrogen-bond acceptors (Lipinski definition) is 3. The third-order valence-electron chi connectivity index (χ3n) is 6.40. The number of allylic oxidation sites excluding steroid dienone is 8. The zero-order valence-corrected chi connectivity index (χ0v) is 21.2. The highest BCUT2D eigenvalue weighted by Gasteiger charge is 2.24. The molecule has 2 heterocycles. The van der Waals surface area contributed by atoms with Crippen LogP contribution in [0, 0.1) is 5.92 Å². The summed E-state index contributed by atoms with van der Waals surface area (Å²) in [5.41, 5.74) is 6.15. The Bertz CT molecular complexity index is 1270. The summed E-state index contributed by atoms with van der Waals surface area (Å²) in [6.07, 6.45) is 13.1. The van der Waals surface area contributed by atoms with Crippen molar-refractivity contribution in [1.29, 1.82) is 0 Å². The van der Waals surface area contributed by atoms with Gasteiger partial charge in [-0.1, -0.05) is 44.0 Å². The maximum atomic E-state index is 13.0. The van der Waals surface area contributed by atoms with Gasteiger partial charge >= 0.3 is 0 Å². The van der Waals surface area contributed by atoms with Crippen LogP contribution < -0.4 is 10.9 Å². The maximum absolute atomic E-state index is 13.0. The van der Waals surface area contributed by atoms with Gasteiger partial charge in [-0.25, -0.2) is 0 Å². The van der Waals surface area contributed by atoms with Gasteiger partial charge in [0.15, 0.2) is 0 Å². The smallest absolute Gasteiger partial charge is 0.253 e. The number of carbonyl (C=O) groups excluding carboxylic acids is 1. The van der Waals surface area contributed by atoms with Gasteiger partial charge in [0.1, 0.15) is 0 Å². The number of benzene rings is 1. The van der Waals surface area contributed by atoms with E-state index in [2.05, 4.69) is 30.0 Å². The molecule has 1 aliphatic heterocycles. The molecule has 186 valence electrons. The fourth-order valence-electron chi connectivity index (χ4n) is 4.24. The summed E-state index contributed by atoms with van der Waals surface area (Å²) < 4.78 is 0. The van der Waals surface area contributed by atoms with Gasteiger partial charge in [0, 0.05) is 42.3 Å². The van der Waals surface area contributed by atoms with Crippen molar-refractivity contribution in [2.75, 3.05) is 18.4 Å². The fourth-order valence-corrected chi connectivity index (χ4v) is 4.24. The quantitative estimate of drug-likeness (QED) is 0.402. The third-order valence-corrected chi connectivity index (χ3v) is 6.40. The van der Waals surface area contributed by atoms with E-state index in [0.717, 1.165) is 54.0 Å². The number of amides is 1. The number of H-pyrrole nitrogens is 1. The number of nitrogens with zero attached hydrogens (tertiary/aromatic N) is 1. The van der Waals surface area contributed by atoms with Crippen LogP contribution in [0.2, 0.25) is 0 Å². The molecule has 0 atom stereocenters. The molecule has 3 rings (SSSR count). The van der Waals surface area contributed by atoms with E-state index < -0.39 is 0 Å². The molecule has 2 aromatic rings. The summed E-state index contributed by atoms with van der Waals surface area (Å²) in [6, 6.07) is 11.0. The molecular weight excluding hydrogens is 446 g/mol. The minimum absolute atomic E-state index is 0.0555. The van der Waals surface area contributed by atoms with Crippen LogP contribution in [0.5, 0.6) is 0 Å². The first kappa shape index (κ1) is 26.5. The van der Waals surface area contributed by atoms with Crippen molar-refractivity contribution in [2.45, 2.75) is 26.7 Å². The van der Waals surface area contributed by atoms with Crippen molar-refractivity contribution in [3.05, 3.63) is 131 Å². The van der Waals surface area contributed by atoms with E-state index in [1.54, 1.807) is 18.3 Å². The lowest BCUT2D eigenvalue weighted by Crippen LogP contribution is -2.38. The molecule has 1 saturated heterocycles. The summed E-state index contributed by atoms with van der Waals surface area (Å²) in [6.45, 7) is 17.1. The van der Waals surface area contributed by atoms with Crippen molar-refractivity contribution in [2.24, 2.45) is 5.92 Å². The Kier molecular flexibility index (Phi) is 9.23. The number of aromatic amines is 1. The molecule has 0 spiro atoms. The highest BCUT2D eigenvalue weighted by molar-refractivity contribution is 5.94. The first-order valence-corrected chi connectivity index (χ1v) is 12.2. The van der Waals surface area contributed by atoms with E-state index in [-0.39, 0.29) is 11.5 Å². The first-order chi connectivity index (χ1) is 17.3. The molecule has 1 aromatic heterocycles. The van der Waals surface area contributed by atoms with Crippen LogP contribution in [0.4, 0.5) is 5.69 Å². The molecule has 0 aliphatic carbocycles. The molecule has 0 unspecified atom stereocenters. The van der Waals surface area contributed by atoms with Gasteiger partial charge in [0.25, 0.3) is 5.91 Å². The molecule has 5 heteroatoms. The van der Waals surface area contributed by atoms with Gasteiger partial charge in [0.2, 0.25) is 5.56 Å². The van der Waals surface area contributed by atoms with Crippen molar-refractivity contribution >= 4 is 17.2 Å². The number of rotatable bonds is 9.